The fourth-order valence-corrected chi connectivity index (χ4v) is 1.63. The van der Waals surface area contributed by atoms with E-state index in [0.29, 0.717) is 10.0 Å². The van der Waals surface area contributed by atoms with E-state index in [0.717, 1.165) is 24.1 Å². The van der Waals surface area contributed by atoms with E-state index in [1.165, 1.54) is 0 Å². The highest BCUT2D eigenvalue weighted by molar-refractivity contribution is 6.42. The Kier molecular flexibility index (Phi) is 3.23. The molecule has 0 aliphatic heterocycles. The molecule has 15 heavy (non-hydrogen) atoms. The van der Waals surface area contributed by atoms with Crippen LogP contribution in [-0.4, -0.2) is 15.4 Å². The number of H-pyrrole nitrogens is 1. The van der Waals surface area contributed by atoms with E-state index in [4.69, 9.17) is 23.2 Å². The predicted molar refractivity (Wildman–Crippen MR) is 60.3 cm³/mol. The van der Waals surface area contributed by atoms with Gasteiger partial charge in [-0.25, -0.2) is 0 Å². The van der Waals surface area contributed by atoms with E-state index in [1.54, 1.807) is 6.20 Å². The number of rotatable bonds is 3. The van der Waals surface area contributed by atoms with Crippen LogP contribution in [0.5, 0.6) is 0 Å². The molecule has 0 spiro atoms. The standard InChI is InChI=1S/C10H9Cl2N3/c11-9-4-2-7(5-10(9)12)1-3-8-6-13-15-14-8/h2,4-6H,1,3H2,(H,13,14,15). The number of benzene rings is 1. The molecule has 0 aliphatic carbocycles. The molecule has 0 aliphatic rings. The van der Waals surface area contributed by atoms with Gasteiger partial charge in [-0.2, -0.15) is 15.4 Å². The lowest BCUT2D eigenvalue weighted by Crippen LogP contribution is -1.91. The molecule has 0 radical (unpaired) electrons. The molecule has 1 heterocycles. The summed E-state index contributed by atoms with van der Waals surface area (Å²) in [6.07, 6.45) is 3.44. The Labute approximate surface area is 97.4 Å². The van der Waals surface area contributed by atoms with Gasteiger partial charge in [-0.15, -0.1) is 0 Å². The maximum absolute atomic E-state index is 5.91. The quantitative estimate of drug-likeness (QED) is 0.898. The van der Waals surface area contributed by atoms with Gasteiger partial charge in [-0.05, 0) is 30.5 Å². The Morgan fingerprint density at radius 1 is 1.13 bits per heavy atom. The van der Waals surface area contributed by atoms with Crippen LogP contribution in [0, 0.1) is 0 Å². The average molecular weight is 242 g/mol. The lowest BCUT2D eigenvalue weighted by atomic mass is 10.1. The molecule has 5 heteroatoms. The summed E-state index contributed by atoms with van der Waals surface area (Å²) in [4.78, 5) is 0. The first-order chi connectivity index (χ1) is 7.25. The summed E-state index contributed by atoms with van der Waals surface area (Å²) >= 11 is 11.7. The van der Waals surface area contributed by atoms with Crippen molar-refractivity contribution in [2.24, 2.45) is 0 Å². The van der Waals surface area contributed by atoms with Crippen molar-refractivity contribution in [1.82, 2.24) is 15.4 Å². The second kappa shape index (κ2) is 4.64. The van der Waals surface area contributed by atoms with E-state index in [2.05, 4.69) is 15.4 Å². The Hall–Kier alpha value is -1.06. The SMILES string of the molecule is Clc1ccc(CCc2cn[nH]n2)cc1Cl. The lowest BCUT2D eigenvalue weighted by molar-refractivity contribution is 0.871. The summed E-state index contributed by atoms with van der Waals surface area (Å²) in [5.74, 6) is 0. The molecular weight excluding hydrogens is 233 g/mol. The Bertz CT molecular complexity index is 440. The van der Waals surface area contributed by atoms with E-state index < -0.39 is 0 Å². The fraction of sp³-hybridized carbons (Fsp3) is 0.200. The van der Waals surface area contributed by atoms with E-state index in [9.17, 15) is 0 Å². The van der Waals surface area contributed by atoms with Crippen LogP contribution in [0.4, 0.5) is 0 Å². The van der Waals surface area contributed by atoms with Crippen LogP contribution in [0.25, 0.3) is 0 Å². The molecule has 0 fully saturated rings. The molecule has 0 amide bonds. The average Bonchev–Trinajstić information content (AvgIpc) is 2.73. The molecule has 1 aromatic carbocycles. The van der Waals surface area contributed by atoms with Crippen molar-refractivity contribution >= 4 is 23.2 Å². The van der Waals surface area contributed by atoms with Gasteiger partial charge >= 0.3 is 0 Å². The molecule has 1 N–H and O–H groups in total. The smallest absolute Gasteiger partial charge is 0.0828 e. The minimum Gasteiger partial charge on any atom is -0.198 e. The third-order valence-corrected chi connectivity index (χ3v) is 2.86. The third-order valence-electron chi connectivity index (χ3n) is 2.12. The molecule has 0 atom stereocenters. The van der Waals surface area contributed by atoms with Gasteiger partial charge in [0.15, 0.2) is 0 Å². The van der Waals surface area contributed by atoms with Crippen LogP contribution in [0.2, 0.25) is 10.0 Å². The van der Waals surface area contributed by atoms with Crippen molar-refractivity contribution in [3.8, 4) is 0 Å². The minimum absolute atomic E-state index is 0.585. The van der Waals surface area contributed by atoms with Crippen LogP contribution in [0.3, 0.4) is 0 Å². The van der Waals surface area contributed by atoms with Gasteiger partial charge in [-0.1, -0.05) is 29.3 Å². The number of aromatic nitrogens is 3. The summed E-state index contributed by atoms with van der Waals surface area (Å²) in [6.45, 7) is 0. The molecular formula is C10H9Cl2N3. The summed E-state index contributed by atoms with van der Waals surface area (Å²) in [6, 6.07) is 5.65. The van der Waals surface area contributed by atoms with Gasteiger partial charge in [0.2, 0.25) is 0 Å². The highest BCUT2D eigenvalue weighted by atomic mass is 35.5. The van der Waals surface area contributed by atoms with Crippen molar-refractivity contribution in [1.29, 1.82) is 0 Å². The van der Waals surface area contributed by atoms with Gasteiger partial charge in [0.1, 0.15) is 0 Å². The van der Waals surface area contributed by atoms with E-state index >= 15 is 0 Å². The normalized spacial score (nSPS) is 10.5. The van der Waals surface area contributed by atoms with Crippen LogP contribution in [0.1, 0.15) is 11.3 Å². The van der Waals surface area contributed by atoms with Crippen molar-refractivity contribution in [3.63, 3.8) is 0 Å². The summed E-state index contributed by atoms with van der Waals surface area (Å²) < 4.78 is 0. The fourth-order valence-electron chi connectivity index (χ4n) is 1.31. The number of hydrogen-bond donors (Lipinski definition) is 1. The van der Waals surface area contributed by atoms with Crippen LogP contribution >= 0.6 is 23.2 Å². The largest absolute Gasteiger partial charge is 0.198 e. The highest BCUT2D eigenvalue weighted by Gasteiger charge is 2.01. The highest BCUT2D eigenvalue weighted by Crippen LogP contribution is 2.23. The van der Waals surface area contributed by atoms with Crippen molar-refractivity contribution < 1.29 is 0 Å². The first-order valence-electron chi connectivity index (χ1n) is 4.54. The van der Waals surface area contributed by atoms with Gasteiger partial charge in [0.05, 0.1) is 21.9 Å². The van der Waals surface area contributed by atoms with Gasteiger partial charge < -0.3 is 0 Å². The zero-order valence-corrected chi connectivity index (χ0v) is 9.39. The van der Waals surface area contributed by atoms with Crippen LogP contribution in [0.15, 0.2) is 24.4 Å². The minimum atomic E-state index is 0.585. The molecule has 0 bridgehead atoms. The molecule has 78 valence electrons. The van der Waals surface area contributed by atoms with Crippen LogP contribution in [-0.2, 0) is 12.8 Å². The van der Waals surface area contributed by atoms with Crippen molar-refractivity contribution in [3.05, 3.63) is 45.7 Å². The van der Waals surface area contributed by atoms with E-state index in [-0.39, 0.29) is 0 Å². The molecule has 2 aromatic rings. The Morgan fingerprint density at radius 2 is 2.00 bits per heavy atom. The number of nitrogens with one attached hydrogen (secondary N) is 1. The molecule has 0 saturated carbocycles. The molecule has 0 unspecified atom stereocenters. The maximum Gasteiger partial charge on any atom is 0.0828 e. The number of aromatic amines is 1. The topological polar surface area (TPSA) is 41.6 Å². The Balaban J connectivity index is 2.02. The number of aryl methyl sites for hydroxylation is 2. The number of hydrogen-bond acceptors (Lipinski definition) is 2. The summed E-state index contributed by atoms with van der Waals surface area (Å²) in [7, 11) is 0. The van der Waals surface area contributed by atoms with Gasteiger partial charge in [-0.3, -0.25) is 0 Å². The zero-order valence-electron chi connectivity index (χ0n) is 7.87. The van der Waals surface area contributed by atoms with E-state index in [1.807, 2.05) is 18.2 Å². The second-order valence-corrected chi connectivity index (χ2v) is 4.02. The number of halogens is 2. The second-order valence-electron chi connectivity index (χ2n) is 3.21. The van der Waals surface area contributed by atoms with Gasteiger partial charge in [0, 0.05) is 0 Å². The van der Waals surface area contributed by atoms with Crippen LogP contribution < -0.4 is 0 Å². The molecule has 2 rings (SSSR count). The number of nitrogens with zero attached hydrogens (tertiary/aromatic N) is 2. The molecule has 1 aromatic heterocycles. The maximum atomic E-state index is 5.91. The monoisotopic (exact) mass is 241 g/mol. The zero-order chi connectivity index (χ0) is 10.7. The third kappa shape index (κ3) is 2.70. The lowest BCUT2D eigenvalue weighted by Gasteiger charge is -2.01. The first kappa shape index (κ1) is 10.5. The Morgan fingerprint density at radius 3 is 2.67 bits per heavy atom. The molecule has 3 nitrogen and oxygen atoms in total. The van der Waals surface area contributed by atoms with Crippen molar-refractivity contribution in [2.45, 2.75) is 12.8 Å². The van der Waals surface area contributed by atoms with Gasteiger partial charge in [0.25, 0.3) is 0 Å². The molecule has 0 saturated heterocycles. The summed E-state index contributed by atoms with van der Waals surface area (Å²) in [5, 5.41) is 11.5. The predicted octanol–water partition coefficient (Wildman–Crippen LogP) is 2.90. The van der Waals surface area contributed by atoms with Crippen molar-refractivity contribution in [2.75, 3.05) is 0 Å². The first-order valence-corrected chi connectivity index (χ1v) is 5.30. The summed E-state index contributed by atoms with van der Waals surface area (Å²) in [5.41, 5.74) is 2.09.